The number of ether oxygens (including phenoxy) is 1. The molecule has 0 aliphatic carbocycles. The molecule has 0 saturated carbocycles. The molecule has 1 fully saturated rings. The van der Waals surface area contributed by atoms with Crippen LogP contribution in [0.4, 0.5) is 0 Å². The van der Waals surface area contributed by atoms with Crippen LogP contribution in [-0.4, -0.2) is 44.9 Å². The number of hydrogen-bond donors (Lipinski definition) is 1. The fourth-order valence-electron chi connectivity index (χ4n) is 3.45. The van der Waals surface area contributed by atoms with Crippen LogP contribution in [0.1, 0.15) is 42.8 Å². The molecule has 1 amide bonds. The first-order chi connectivity index (χ1) is 14.3. The van der Waals surface area contributed by atoms with E-state index in [1.807, 2.05) is 6.92 Å². The molecule has 6 nitrogen and oxygen atoms in total. The molecule has 0 bridgehead atoms. The lowest BCUT2D eigenvalue weighted by Gasteiger charge is -2.25. The Morgan fingerprint density at radius 2 is 1.77 bits per heavy atom. The molecule has 1 atom stereocenters. The zero-order valence-corrected chi connectivity index (χ0v) is 19.4. The summed E-state index contributed by atoms with van der Waals surface area (Å²) in [6.45, 7) is 7.90. The molecule has 1 aliphatic rings. The van der Waals surface area contributed by atoms with E-state index in [1.54, 1.807) is 12.1 Å². The van der Waals surface area contributed by atoms with Gasteiger partial charge in [-0.05, 0) is 42.5 Å². The van der Waals surface area contributed by atoms with Crippen LogP contribution in [0.5, 0.6) is 0 Å². The maximum atomic E-state index is 12.7. The van der Waals surface area contributed by atoms with Crippen molar-refractivity contribution >= 4 is 27.3 Å². The zero-order chi connectivity index (χ0) is 21.7. The van der Waals surface area contributed by atoms with Crippen LogP contribution in [0.3, 0.4) is 0 Å². The fraction of sp³-hybridized carbons (Fsp3) is 0.500. The number of carbonyl (C=O) groups excluding carboxylic acids is 1. The second-order valence-corrected chi connectivity index (χ2v) is 11.4. The molecule has 1 aromatic carbocycles. The number of morpholine rings is 1. The van der Waals surface area contributed by atoms with Gasteiger partial charge in [0, 0.05) is 18.0 Å². The van der Waals surface area contributed by atoms with Crippen molar-refractivity contribution in [2.45, 2.75) is 43.9 Å². The highest BCUT2D eigenvalue weighted by molar-refractivity contribution is 7.91. The van der Waals surface area contributed by atoms with Crippen molar-refractivity contribution in [1.29, 1.82) is 0 Å². The molecule has 1 aromatic heterocycles. The van der Waals surface area contributed by atoms with E-state index in [9.17, 15) is 13.2 Å². The summed E-state index contributed by atoms with van der Waals surface area (Å²) in [5.41, 5.74) is 2.34. The molecular weight excluding hydrogens is 420 g/mol. The number of rotatable bonds is 8. The number of benzene rings is 1. The fourth-order valence-corrected chi connectivity index (χ4v) is 6.37. The number of sulfonamides is 1. The number of nitrogens with zero attached hydrogens (tertiary/aromatic N) is 1. The van der Waals surface area contributed by atoms with Crippen molar-refractivity contribution in [3.8, 4) is 0 Å². The number of nitrogens with one attached hydrogen (secondary N) is 1. The van der Waals surface area contributed by atoms with E-state index in [2.05, 4.69) is 43.4 Å². The number of thiophene rings is 1. The minimum atomic E-state index is -3.52. The molecule has 1 saturated heterocycles. The van der Waals surface area contributed by atoms with E-state index in [0.717, 1.165) is 28.2 Å². The van der Waals surface area contributed by atoms with Crippen molar-refractivity contribution in [2.75, 3.05) is 26.3 Å². The molecule has 0 unspecified atom stereocenters. The Labute approximate surface area is 183 Å². The monoisotopic (exact) mass is 450 g/mol. The molecular formula is C22H30N2O4S2. The third-order valence-corrected chi connectivity index (χ3v) is 8.49. The van der Waals surface area contributed by atoms with E-state index in [1.165, 1.54) is 9.87 Å². The van der Waals surface area contributed by atoms with Crippen LogP contribution in [0.25, 0.3) is 0 Å². The maximum absolute atomic E-state index is 12.7. The summed E-state index contributed by atoms with van der Waals surface area (Å²) >= 11 is 1.16. The normalized spacial score (nSPS) is 16.5. The molecule has 1 aliphatic heterocycles. The van der Waals surface area contributed by atoms with Gasteiger partial charge in [-0.2, -0.15) is 4.31 Å². The summed E-state index contributed by atoms with van der Waals surface area (Å²) in [5, 5.41) is 3.01. The average Bonchev–Trinajstić information content (AvgIpc) is 3.18. The van der Waals surface area contributed by atoms with E-state index in [0.29, 0.717) is 32.2 Å². The van der Waals surface area contributed by atoms with Crippen molar-refractivity contribution in [3.05, 3.63) is 52.4 Å². The molecule has 0 spiro atoms. The quantitative estimate of drug-likeness (QED) is 0.669. The Bertz CT molecular complexity index is 946. The third-order valence-electron chi connectivity index (χ3n) is 5.04. The van der Waals surface area contributed by atoms with Gasteiger partial charge in [-0.15, -0.1) is 11.3 Å². The second kappa shape index (κ2) is 10.0. The molecule has 2 aromatic rings. The molecule has 1 N–H and O–H groups in total. The summed E-state index contributed by atoms with van der Waals surface area (Å²) < 4.78 is 32.4. The van der Waals surface area contributed by atoms with E-state index in [-0.39, 0.29) is 22.6 Å². The van der Waals surface area contributed by atoms with Crippen molar-refractivity contribution in [1.82, 2.24) is 9.62 Å². The van der Waals surface area contributed by atoms with Crippen LogP contribution in [0, 0.1) is 5.92 Å². The van der Waals surface area contributed by atoms with Gasteiger partial charge in [0.1, 0.15) is 4.21 Å². The largest absolute Gasteiger partial charge is 0.379 e. The van der Waals surface area contributed by atoms with Crippen LogP contribution < -0.4 is 5.32 Å². The average molecular weight is 451 g/mol. The van der Waals surface area contributed by atoms with Crippen LogP contribution in [-0.2, 0) is 32.4 Å². The minimum absolute atomic E-state index is 0.109. The smallest absolute Gasteiger partial charge is 0.252 e. The lowest BCUT2D eigenvalue weighted by Crippen LogP contribution is -2.40. The predicted molar refractivity (Wildman–Crippen MR) is 119 cm³/mol. The molecule has 0 radical (unpaired) electrons. The summed E-state index contributed by atoms with van der Waals surface area (Å²) in [4.78, 5) is 13.2. The first-order valence-electron chi connectivity index (χ1n) is 10.3. The van der Waals surface area contributed by atoms with Gasteiger partial charge in [0.2, 0.25) is 5.91 Å². The highest BCUT2D eigenvalue weighted by Crippen LogP contribution is 2.26. The van der Waals surface area contributed by atoms with Crippen molar-refractivity contribution in [2.24, 2.45) is 5.92 Å². The molecule has 2 heterocycles. The van der Waals surface area contributed by atoms with Gasteiger partial charge >= 0.3 is 0 Å². The first-order valence-corrected chi connectivity index (χ1v) is 12.6. The zero-order valence-electron chi connectivity index (χ0n) is 17.8. The Kier molecular flexibility index (Phi) is 7.68. The van der Waals surface area contributed by atoms with Gasteiger partial charge in [-0.25, -0.2) is 8.42 Å². The van der Waals surface area contributed by atoms with Gasteiger partial charge < -0.3 is 10.1 Å². The topological polar surface area (TPSA) is 75.7 Å². The van der Waals surface area contributed by atoms with Crippen molar-refractivity contribution in [3.63, 3.8) is 0 Å². The van der Waals surface area contributed by atoms with E-state index >= 15 is 0 Å². The number of amides is 1. The summed E-state index contributed by atoms with van der Waals surface area (Å²) in [5.74, 6) is 0.488. The highest BCUT2D eigenvalue weighted by Gasteiger charge is 2.28. The molecule has 8 heteroatoms. The summed E-state index contributed by atoms with van der Waals surface area (Å²) in [6.07, 6.45) is 1.20. The lowest BCUT2D eigenvalue weighted by molar-refractivity contribution is -0.121. The second-order valence-electron chi connectivity index (χ2n) is 8.04. The van der Waals surface area contributed by atoms with Gasteiger partial charge in [0.15, 0.2) is 0 Å². The van der Waals surface area contributed by atoms with Gasteiger partial charge in [-0.3, -0.25) is 4.79 Å². The number of carbonyl (C=O) groups is 1. The Morgan fingerprint density at radius 1 is 1.10 bits per heavy atom. The van der Waals surface area contributed by atoms with Gasteiger partial charge in [-0.1, -0.05) is 38.1 Å². The third kappa shape index (κ3) is 5.91. The number of hydrogen-bond acceptors (Lipinski definition) is 5. The Balaban J connectivity index is 1.57. The van der Waals surface area contributed by atoms with Crippen LogP contribution >= 0.6 is 11.3 Å². The Morgan fingerprint density at radius 3 is 2.40 bits per heavy atom. The lowest BCUT2D eigenvalue weighted by atomic mass is 10.00. The Hall–Kier alpha value is -1.74. The molecule has 164 valence electrons. The van der Waals surface area contributed by atoms with Crippen LogP contribution in [0.2, 0.25) is 0 Å². The van der Waals surface area contributed by atoms with E-state index < -0.39 is 10.0 Å². The van der Waals surface area contributed by atoms with Crippen LogP contribution in [0.15, 0.2) is 40.6 Å². The summed E-state index contributed by atoms with van der Waals surface area (Å²) in [6, 6.07) is 11.5. The predicted octanol–water partition coefficient (Wildman–Crippen LogP) is 3.39. The van der Waals surface area contributed by atoms with E-state index in [4.69, 9.17) is 4.74 Å². The minimum Gasteiger partial charge on any atom is -0.379 e. The van der Waals surface area contributed by atoms with Crippen molar-refractivity contribution < 1.29 is 17.9 Å². The summed E-state index contributed by atoms with van der Waals surface area (Å²) in [7, 11) is -3.52. The van der Waals surface area contributed by atoms with Gasteiger partial charge in [0.05, 0.1) is 25.7 Å². The first kappa shape index (κ1) is 22.9. The standard InChI is InChI=1S/C22H30N2O4S2/c1-16(2)14-18-4-6-19(7-5-18)17(3)23-21(25)15-20-8-9-22(29-20)30(26,27)24-10-12-28-13-11-24/h4-9,16-17H,10-15H2,1-3H3,(H,23,25)/t17-/m1/s1. The SMILES string of the molecule is CC(C)Cc1ccc([C@@H](C)NC(=O)Cc2ccc(S(=O)(=O)N3CCOCC3)s2)cc1. The highest BCUT2D eigenvalue weighted by atomic mass is 32.2. The van der Waals surface area contributed by atoms with Gasteiger partial charge in [0.25, 0.3) is 10.0 Å². The molecule has 3 rings (SSSR count). The maximum Gasteiger partial charge on any atom is 0.252 e. The molecule has 30 heavy (non-hydrogen) atoms.